The number of furan rings is 1. The van der Waals surface area contributed by atoms with Crippen LogP contribution in [0.5, 0.6) is 0 Å². The molecule has 2 aromatic heterocycles. The topological polar surface area (TPSA) is 60.1 Å². The Kier molecular flexibility index (Phi) is 3.75. The average molecular weight is 302 g/mol. The number of halogens is 1. The molecule has 0 aliphatic rings. The van der Waals surface area contributed by atoms with Gasteiger partial charge < -0.3 is 9.73 Å². The van der Waals surface area contributed by atoms with Gasteiger partial charge in [-0.3, -0.25) is 4.79 Å². The molecule has 6 heteroatoms. The van der Waals surface area contributed by atoms with Gasteiger partial charge in [0.2, 0.25) is 0 Å². The molecule has 0 bridgehead atoms. The summed E-state index contributed by atoms with van der Waals surface area (Å²) in [6.07, 6.45) is 4.47. The number of hydrogen-bond donors (Lipinski definition) is 1. The van der Waals surface area contributed by atoms with Gasteiger partial charge in [-0.25, -0.2) is 4.68 Å². The number of carbonyl (C=O) groups excluding carboxylic acids is 1. The van der Waals surface area contributed by atoms with Crippen LogP contribution in [0.1, 0.15) is 15.9 Å². The molecule has 0 saturated carbocycles. The molecule has 3 aromatic rings. The molecule has 3 rings (SSSR count). The Balaban J connectivity index is 1.78. The van der Waals surface area contributed by atoms with E-state index in [1.165, 1.54) is 12.5 Å². The second-order valence-electron chi connectivity index (χ2n) is 4.43. The summed E-state index contributed by atoms with van der Waals surface area (Å²) in [7, 11) is 0. The van der Waals surface area contributed by atoms with Crippen LogP contribution in [0.2, 0.25) is 5.02 Å². The number of hydrogen-bond acceptors (Lipinski definition) is 3. The number of amides is 1. The van der Waals surface area contributed by atoms with Gasteiger partial charge in [-0.05, 0) is 17.7 Å². The Morgan fingerprint density at radius 2 is 2.14 bits per heavy atom. The predicted octanol–water partition coefficient (Wildman–Crippen LogP) is 3.43. The molecule has 0 aliphatic heterocycles. The van der Waals surface area contributed by atoms with Crippen LogP contribution in [0.3, 0.4) is 0 Å². The SMILES string of the molecule is O=C(Nc1ccnn1Cc1ccccc1Cl)c1ccoc1. The number of nitrogens with one attached hydrogen (secondary N) is 1. The molecule has 1 N–H and O–H groups in total. The average Bonchev–Trinajstić information content (AvgIpc) is 3.13. The zero-order valence-corrected chi connectivity index (χ0v) is 11.7. The molecular weight excluding hydrogens is 290 g/mol. The van der Waals surface area contributed by atoms with E-state index < -0.39 is 0 Å². The van der Waals surface area contributed by atoms with Crippen LogP contribution in [0.15, 0.2) is 59.5 Å². The minimum atomic E-state index is -0.246. The van der Waals surface area contributed by atoms with E-state index in [0.717, 1.165) is 5.56 Å². The van der Waals surface area contributed by atoms with E-state index in [4.69, 9.17) is 16.0 Å². The predicted molar refractivity (Wildman–Crippen MR) is 79.4 cm³/mol. The summed E-state index contributed by atoms with van der Waals surface area (Å²) in [6.45, 7) is 0.480. The zero-order chi connectivity index (χ0) is 14.7. The smallest absolute Gasteiger partial charge is 0.260 e. The third kappa shape index (κ3) is 2.98. The molecule has 0 atom stereocenters. The first-order chi connectivity index (χ1) is 10.2. The van der Waals surface area contributed by atoms with Crippen molar-refractivity contribution in [1.82, 2.24) is 9.78 Å². The Morgan fingerprint density at radius 3 is 2.90 bits per heavy atom. The molecule has 0 radical (unpaired) electrons. The summed E-state index contributed by atoms with van der Waals surface area (Å²) < 4.78 is 6.58. The van der Waals surface area contributed by atoms with Crippen molar-refractivity contribution in [2.45, 2.75) is 6.54 Å². The lowest BCUT2D eigenvalue weighted by atomic mass is 10.2. The lowest BCUT2D eigenvalue weighted by Crippen LogP contribution is -2.15. The van der Waals surface area contributed by atoms with E-state index in [2.05, 4.69) is 10.4 Å². The normalized spacial score (nSPS) is 10.5. The number of aromatic nitrogens is 2. The van der Waals surface area contributed by atoms with Crippen molar-refractivity contribution in [3.05, 3.63) is 71.3 Å². The highest BCUT2D eigenvalue weighted by atomic mass is 35.5. The first kappa shape index (κ1) is 13.5. The molecule has 5 nitrogen and oxygen atoms in total. The Labute approximate surface area is 126 Å². The second-order valence-corrected chi connectivity index (χ2v) is 4.84. The third-order valence-electron chi connectivity index (χ3n) is 3.02. The highest BCUT2D eigenvalue weighted by molar-refractivity contribution is 6.31. The van der Waals surface area contributed by atoms with Gasteiger partial charge in [0.05, 0.1) is 24.6 Å². The van der Waals surface area contributed by atoms with Crippen LogP contribution in [0, 0.1) is 0 Å². The minimum Gasteiger partial charge on any atom is -0.472 e. The van der Waals surface area contributed by atoms with Crippen molar-refractivity contribution in [2.24, 2.45) is 0 Å². The standard InChI is InChI=1S/C15H12ClN3O2/c16-13-4-2-1-3-11(13)9-19-14(5-7-17-19)18-15(20)12-6-8-21-10-12/h1-8,10H,9H2,(H,18,20). The fourth-order valence-electron chi connectivity index (χ4n) is 1.93. The highest BCUT2D eigenvalue weighted by Gasteiger charge is 2.11. The number of nitrogens with zero attached hydrogens (tertiary/aromatic N) is 2. The fourth-order valence-corrected chi connectivity index (χ4v) is 2.13. The maximum atomic E-state index is 12.0. The van der Waals surface area contributed by atoms with Gasteiger partial charge in [-0.1, -0.05) is 29.8 Å². The summed E-state index contributed by atoms with van der Waals surface area (Å²) >= 11 is 6.14. The maximum absolute atomic E-state index is 12.0. The summed E-state index contributed by atoms with van der Waals surface area (Å²) in [6, 6.07) is 10.9. The molecule has 0 saturated heterocycles. The van der Waals surface area contributed by atoms with Crippen LogP contribution in [-0.2, 0) is 6.54 Å². The summed E-state index contributed by atoms with van der Waals surface area (Å²) in [5.41, 5.74) is 1.39. The van der Waals surface area contributed by atoms with E-state index in [1.54, 1.807) is 23.0 Å². The van der Waals surface area contributed by atoms with Gasteiger partial charge in [0.1, 0.15) is 12.1 Å². The minimum absolute atomic E-state index is 0.246. The van der Waals surface area contributed by atoms with E-state index in [1.807, 2.05) is 24.3 Å². The van der Waals surface area contributed by atoms with Crippen molar-refractivity contribution in [2.75, 3.05) is 5.32 Å². The molecule has 106 valence electrons. The first-order valence-electron chi connectivity index (χ1n) is 6.33. The number of carbonyl (C=O) groups is 1. The summed E-state index contributed by atoms with van der Waals surface area (Å²) in [4.78, 5) is 12.0. The van der Waals surface area contributed by atoms with Gasteiger partial charge in [-0.2, -0.15) is 5.10 Å². The van der Waals surface area contributed by atoms with Gasteiger partial charge in [-0.15, -0.1) is 0 Å². The molecule has 0 aliphatic carbocycles. The highest BCUT2D eigenvalue weighted by Crippen LogP contribution is 2.18. The number of rotatable bonds is 4. The number of benzene rings is 1. The Bertz CT molecular complexity index is 750. The fraction of sp³-hybridized carbons (Fsp3) is 0.0667. The Morgan fingerprint density at radius 1 is 1.29 bits per heavy atom. The molecular formula is C15H12ClN3O2. The van der Waals surface area contributed by atoms with E-state index in [0.29, 0.717) is 22.9 Å². The van der Waals surface area contributed by atoms with Gasteiger partial charge in [0, 0.05) is 11.1 Å². The molecule has 1 aromatic carbocycles. The van der Waals surface area contributed by atoms with Crippen molar-refractivity contribution < 1.29 is 9.21 Å². The largest absolute Gasteiger partial charge is 0.472 e. The monoisotopic (exact) mass is 301 g/mol. The molecule has 2 heterocycles. The van der Waals surface area contributed by atoms with E-state index in [-0.39, 0.29) is 5.91 Å². The van der Waals surface area contributed by atoms with Gasteiger partial charge in [0.25, 0.3) is 5.91 Å². The molecule has 1 amide bonds. The van der Waals surface area contributed by atoms with E-state index in [9.17, 15) is 4.79 Å². The van der Waals surface area contributed by atoms with Crippen molar-refractivity contribution in [3.8, 4) is 0 Å². The number of anilines is 1. The van der Waals surface area contributed by atoms with Gasteiger partial charge >= 0.3 is 0 Å². The van der Waals surface area contributed by atoms with Crippen LogP contribution in [0.4, 0.5) is 5.82 Å². The Hall–Kier alpha value is -2.53. The summed E-state index contributed by atoms with van der Waals surface area (Å²) in [5.74, 6) is 0.353. The summed E-state index contributed by atoms with van der Waals surface area (Å²) in [5, 5.41) is 7.66. The van der Waals surface area contributed by atoms with Crippen LogP contribution >= 0.6 is 11.6 Å². The molecule has 0 unspecified atom stereocenters. The first-order valence-corrected chi connectivity index (χ1v) is 6.70. The van der Waals surface area contributed by atoms with Crippen LogP contribution < -0.4 is 5.32 Å². The molecule has 0 spiro atoms. The molecule has 0 fully saturated rings. The van der Waals surface area contributed by atoms with Crippen molar-refractivity contribution in [3.63, 3.8) is 0 Å². The van der Waals surface area contributed by atoms with Crippen molar-refractivity contribution >= 4 is 23.3 Å². The van der Waals surface area contributed by atoms with E-state index >= 15 is 0 Å². The van der Waals surface area contributed by atoms with Gasteiger partial charge in [0.15, 0.2) is 0 Å². The lowest BCUT2D eigenvalue weighted by molar-refractivity contribution is 0.102. The third-order valence-corrected chi connectivity index (χ3v) is 3.39. The van der Waals surface area contributed by atoms with Crippen LogP contribution in [-0.4, -0.2) is 15.7 Å². The molecule has 21 heavy (non-hydrogen) atoms. The lowest BCUT2D eigenvalue weighted by Gasteiger charge is -2.09. The quantitative estimate of drug-likeness (QED) is 0.803. The zero-order valence-electron chi connectivity index (χ0n) is 11.0. The second kappa shape index (κ2) is 5.85. The van der Waals surface area contributed by atoms with Crippen molar-refractivity contribution in [1.29, 1.82) is 0 Å². The van der Waals surface area contributed by atoms with Crippen LogP contribution in [0.25, 0.3) is 0 Å². The maximum Gasteiger partial charge on any atom is 0.260 e.